The number of rotatable bonds is 4. The molecule has 0 atom stereocenters. The van der Waals surface area contributed by atoms with Gasteiger partial charge in [-0.05, 0) is 34.2 Å². The molecule has 2 rings (SSSR count). The Morgan fingerprint density at radius 3 is 2.60 bits per heavy atom. The molecule has 0 aromatic heterocycles. The molecule has 0 aliphatic rings. The van der Waals surface area contributed by atoms with Gasteiger partial charge in [0.05, 0.1) is 0 Å². The first kappa shape index (κ1) is 14.2. The van der Waals surface area contributed by atoms with Crippen LogP contribution in [-0.2, 0) is 0 Å². The van der Waals surface area contributed by atoms with Crippen molar-refractivity contribution in [2.45, 2.75) is 0 Å². The van der Waals surface area contributed by atoms with Gasteiger partial charge in [-0.25, -0.2) is 0 Å². The molecule has 0 aliphatic heterocycles. The van der Waals surface area contributed by atoms with Crippen molar-refractivity contribution in [3.8, 4) is 11.1 Å². The molecule has 100 valence electrons. The molecule has 0 amide bonds. The van der Waals surface area contributed by atoms with Crippen molar-refractivity contribution in [1.29, 1.82) is 0 Å². The molecule has 2 heteroatoms. The zero-order valence-corrected chi connectivity index (χ0v) is 12.1. The average molecular weight is 279 g/mol. The second kappa shape index (κ2) is 6.83. The van der Waals surface area contributed by atoms with Gasteiger partial charge in [0.15, 0.2) is 0 Å². The van der Waals surface area contributed by atoms with E-state index in [9.17, 15) is 0 Å². The first-order chi connectivity index (χ1) is 9.72. The van der Waals surface area contributed by atoms with Crippen LogP contribution in [0.1, 0.15) is 5.56 Å². The Kier molecular flexibility index (Phi) is 4.85. The van der Waals surface area contributed by atoms with Crippen molar-refractivity contribution in [2.24, 2.45) is 0 Å². The Labute approximate surface area is 125 Å². The molecule has 0 unspecified atom stereocenters. The van der Waals surface area contributed by atoms with Gasteiger partial charge in [-0.15, -0.1) is 0 Å². The Morgan fingerprint density at radius 2 is 1.85 bits per heavy atom. The van der Waals surface area contributed by atoms with Crippen molar-refractivity contribution in [3.63, 3.8) is 0 Å². The summed E-state index contributed by atoms with van der Waals surface area (Å²) in [7, 11) is 0. The lowest BCUT2D eigenvalue weighted by atomic mass is 9.98. The standard InChI is InChI=1S/C18H17NS/c1-14(7-4-5-12-20)15-8-6-9-16(13-15)17-10-2-3-11-18(17)19/h2-13,20H,1,19H2/b7-4-,12-5-. The minimum absolute atomic E-state index is 0.781. The number of allylic oxidation sites excluding steroid dienone is 4. The van der Waals surface area contributed by atoms with Crippen molar-refractivity contribution >= 4 is 23.9 Å². The van der Waals surface area contributed by atoms with E-state index in [-0.39, 0.29) is 0 Å². The molecule has 20 heavy (non-hydrogen) atoms. The minimum Gasteiger partial charge on any atom is -0.398 e. The van der Waals surface area contributed by atoms with Crippen LogP contribution in [-0.4, -0.2) is 0 Å². The van der Waals surface area contributed by atoms with Crippen LogP contribution in [0.2, 0.25) is 0 Å². The van der Waals surface area contributed by atoms with E-state index in [4.69, 9.17) is 5.73 Å². The maximum Gasteiger partial charge on any atom is 0.0393 e. The minimum atomic E-state index is 0.781. The average Bonchev–Trinajstić information content (AvgIpc) is 2.48. The van der Waals surface area contributed by atoms with E-state index in [0.29, 0.717) is 0 Å². The Hall–Kier alpha value is -2.19. The Bertz CT molecular complexity index is 669. The SMILES string of the molecule is C=C(/C=C\C=C/S)c1cccc(-c2ccccc2N)c1. The lowest BCUT2D eigenvalue weighted by Crippen LogP contribution is -1.90. The monoisotopic (exact) mass is 279 g/mol. The predicted octanol–water partition coefficient (Wildman–Crippen LogP) is 4.95. The molecule has 0 fully saturated rings. The maximum atomic E-state index is 6.02. The predicted molar refractivity (Wildman–Crippen MR) is 92.6 cm³/mol. The van der Waals surface area contributed by atoms with Crippen LogP contribution >= 0.6 is 12.6 Å². The largest absolute Gasteiger partial charge is 0.398 e. The second-order valence-electron chi connectivity index (χ2n) is 4.39. The fraction of sp³-hybridized carbons (Fsp3) is 0. The van der Waals surface area contributed by atoms with Gasteiger partial charge < -0.3 is 5.73 Å². The summed E-state index contributed by atoms with van der Waals surface area (Å²) in [5, 5.41) is 1.69. The first-order valence-corrected chi connectivity index (χ1v) is 6.85. The third-order valence-corrected chi connectivity index (χ3v) is 3.17. The first-order valence-electron chi connectivity index (χ1n) is 6.34. The zero-order chi connectivity index (χ0) is 14.4. The highest BCUT2D eigenvalue weighted by Crippen LogP contribution is 2.27. The van der Waals surface area contributed by atoms with Crippen LogP contribution in [0.4, 0.5) is 5.69 Å². The normalized spacial score (nSPS) is 11.2. The zero-order valence-electron chi connectivity index (χ0n) is 11.2. The van der Waals surface area contributed by atoms with Crippen molar-refractivity contribution < 1.29 is 0 Å². The molecular weight excluding hydrogens is 262 g/mol. The summed E-state index contributed by atoms with van der Waals surface area (Å²) in [6, 6.07) is 16.1. The summed E-state index contributed by atoms with van der Waals surface area (Å²) in [5.74, 6) is 0. The summed E-state index contributed by atoms with van der Waals surface area (Å²) in [5.41, 5.74) is 11.0. The van der Waals surface area contributed by atoms with Gasteiger partial charge in [-0.3, -0.25) is 0 Å². The molecule has 2 aromatic rings. The van der Waals surface area contributed by atoms with Crippen molar-refractivity contribution in [3.05, 3.63) is 84.3 Å². The van der Waals surface area contributed by atoms with Crippen LogP contribution in [0, 0.1) is 0 Å². The highest BCUT2D eigenvalue weighted by Gasteiger charge is 2.03. The van der Waals surface area contributed by atoms with Crippen LogP contribution in [0.25, 0.3) is 16.7 Å². The summed E-state index contributed by atoms with van der Waals surface area (Å²) >= 11 is 4.01. The van der Waals surface area contributed by atoms with Crippen LogP contribution in [0.5, 0.6) is 0 Å². The molecule has 2 N–H and O–H groups in total. The number of hydrogen-bond donors (Lipinski definition) is 2. The van der Waals surface area contributed by atoms with E-state index in [1.807, 2.05) is 54.6 Å². The molecule has 1 nitrogen and oxygen atoms in total. The molecule has 0 aliphatic carbocycles. The number of anilines is 1. The summed E-state index contributed by atoms with van der Waals surface area (Å²) in [6.07, 6.45) is 5.73. The van der Waals surface area contributed by atoms with Gasteiger partial charge in [0.1, 0.15) is 0 Å². The molecule has 0 saturated heterocycles. The van der Waals surface area contributed by atoms with Gasteiger partial charge in [-0.1, -0.05) is 61.2 Å². The Morgan fingerprint density at radius 1 is 1.05 bits per heavy atom. The van der Waals surface area contributed by atoms with Gasteiger partial charge in [0, 0.05) is 11.3 Å². The molecule has 0 spiro atoms. The molecule has 0 saturated carbocycles. The van der Waals surface area contributed by atoms with E-state index in [0.717, 1.165) is 28.0 Å². The number of benzene rings is 2. The smallest absolute Gasteiger partial charge is 0.0393 e. The molecule has 2 aromatic carbocycles. The third kappa shape index (κ3) is 3.43. The second-order valence-corrected chi connectivity index (χ2v) is 4.69. The van der Waals surface area contributed by atoms with Crippen LogP contribution < -0.4 is 5.73 Å². The third-order valence-electron chi connectivity index (χ3n) is 3.00. The van der Waals surface area contributed by atoms with Gasteiger partial charge in [0.25, 0.3) is 0 Å². The number of nitrogens with two attached hydrogens (primary N) is 1. The summed E-state index contributed by atoms with van der Waals surface area (Å²) in [6.45, 7) is 4.08. The molecule has 0 heterocycles. The van der Waals surface area contributed by atoms with Crippen LogP contribution in [0.15, 0.2) is 78.7 Å². The van der Waals surface area contributed by atoms with E-state index in [1.165, 1.54) is 0 Å². The van der Waals surface area contributed by atoms with Crippen molar-refractivity contribution in [2.75, 3.05) is 5.73 Å². The lowest BCUT2D eigenvalue weighted by Gasteiger charge is -2.08. The van der Waals surface area contributed by atoms with Crippen LogP contribution in [0.3, 0.4) is 0 Å². The topological polar surface area (TPSA) is 26.0 Å². The van der Waals surface area contributed by atoms with Gasteiger partial charge >= 0.3 is 0 Å². The lowest BCUT2D eigenvalue weighted by molar-refractivity contribution is 1.58. The number of para-hydroxylation sites is 1. The number of hydrogen-bond acceptors (Lipinski definition) is 2. The fourth-order valence-corrected chi connectivity index (χ4v) is 2.06. The maximum absolute atomic E-state index is 6.02. The summed E-state index contributed by atoms with van der Waals surface area (Å²) < 4.78 is 0. The van der Waals surface area contributed by atoms with Crippen molar-refractivity contribution in [1.82, 2.24) is 0 Å². The summed E-state index contributed by atoms with van der Waals surface area (Å²) in [4.78, 5) is 0. The molecule has 0 radical (unpaired) electrons. The van der Waals surface area contributed by atoms with E-state index in [2.05, 4.69) is 31.3 Å². The number of thiol groups is 1. The van der Waals surface area contributed by atoms with Gasteiger partial charge in [-0.2, -0.15) is 12.6 Å². The molecular formula is C18H17NS. The highest BCUT2D eigenvalue weighted by atomic mass is 32.1. The fourth-order valence-electron chi connectivity index (χ4n) is 1.96. The van der Waals surface area contributed by atoms with Gasteiger partial charge in [0.2, 0.25) is 0 Å². The molecule has 0 bridgehead atoms. The number of nitrogen functional groups attached to an aromatic ring is 1. The quantitative estimate of drug-likeness (QED) is 0.462. The van der Waals surface area contributed by atoms with E-state index >= 15 is 0 Å². The van der Waals surface area contributed by atoms with E-state index < -0.39 is 0 Å². The Balaban J connectivity index is 2.34. The van der Waals surface area contributed by atoms with E-state index in [1.54, 1.807) is 5.41 Å². The highest BCUT2D eigenvalue weighted by molar-refractivity contribution is 7.83.